The summed E-state index contributed by atoms with van der Waals surface area (Å²) in [7, 11) is 3.67. The summed E-state index contributed by atoms with van der Waals surface area (Å²) in [5, 5.41) is 1.69. The number of nitrogens with zero attached hydrogens (tertiary/aromatic N) is 1. The van der Waals surface area contributed by atoms with Crippen LogP contribution >= 0.6 is 22.3 Å². The van der Waals surface area contributed by atoms with Crippen LogP contribution < -0.4 is 5.32 Å². The molecule has 0 aromatic heterocycles. The first-order chi connectivity index (χ1) is 16.1. The lowest BCUT2D eigenvalue weighted by Gasteiger charge is -2.47. The molecular weight excluding hydrogens is 503 g/mol. The van der Waals surface area contributed by atoms with Gasteiger partial charge in [0.05, 0.1) is 10.4 Å². The van der Waals surface area contributed by atoms with Crippen molar-refractivity contribution in [1.82, 2.24) is 10.2 Å². The molecule has 1 aliphatic heterocycles. The number of carbonyl (C=O) groups excluding carboxylic acids is 4. The maximum atomic E-state index is 12.9. The standard InChI is InChI=1S/C23H20Cl2N2O6S/c1-13(2)19(23(31)33-12-17(28)14-6-4-3-5-7-14)27-21(30)18(22(27)34(25)32)26-20(29)15-8-10-16(24)11-9-15/h3-11,18-19,22H,1,12H2,2H3,(H,26,29). The number of ether oxygens (including phenoxy) is 1. The zero-order valence-electron chi connectivity index (χ0n) is 17.9. The highest BCUT2D eigenvalue weighted by molar-refractivity contribution is 8.14. The quantitative estimate of drug-likeness (QED) is 0.178. The number of β-lactam (4-membered cyclic amide) rings is 1. The van der Waals surface area contributed by atoms with Gasteiger partial charge in [0.2, 0.25) is 5.37 Å². The third-order valence-corrected chi connectivity index (χ3v) is 6.75. The molecule has 11 heteroatoms. The molecule has 2 aromatic carbocycles. The summed E-state index contributed by atoms with van der Waals surface area (Å²) in [6.45, 7) is 4.64. The van der Waals surface area contributed by atoms with Gasteiger partial charge in [0.25, 0.3) is 11.8 Å². The van der Waals surface area contributed by atoms with Gasteiger partial charge < -0.3 is 14.6 Å². The first-order valence-electron chi connectivity index (χ1n) is 9.97. The topological polar surface area (TPSA) is 116 Å². The Bertz CT molecular complexity index is 1110. The second-order valence-corrected chi connectivity index (χ2v) is 9.82. The molecule has 4 atom stereocenters. The lowest BCUT2D eigenvalue weighted by Crippen LogP contribution is -2.75. The van der Waals surface area contributed by atoms with E-state index in [9.17, 15) is 23.7 Å². The molecule has 0 aliphatic carbocycles. The van der Waals surface area contributed by atoms with Crippen LogP contribution in [0.2, 0.25) is 5.02 Å². The van der Waals surface area contributed by atoms with E-state index in [1.165, 1.54) is 31.2 Å². The molecule has 1 heterocycles. The number of nitrogens with one attached hydrogen (secondary N) is 1. The smallest absolute Gasteiger partial charge is 0.333 e. The fourth-order valence-electron chi connectivity index (χ4n) is 3.39. The summed E-state index contributed by atoms with van der Waals surface area (Å²) in [6, 6.07) is 11.6. The number of ketones is 1. The highest BCUT2D eigenvalue weighted by Crippen LogP contribution is 2.33. The van der Waals surface area contributed by atoms with Crippen LogP contribution in [-0.2, 0) is 24.7 Å². The number of likely N-dealkylation sites (tertiary alicyclic amines) is 1. The second-order valence-electron chi connectivity index (χ2n) is 7.49. The maximum absolute atomic E-state index is 12.9. The summed E-state index contributed by atoms with van der Waals surface area (Å²) in [5.41, 5.74) is 0.789. The Morgan fingerprint density at radius 2 is 1.76 bits per heavy atom. The Kier molecular flexibility index (Phi) is 8.37. The molecule has 3 rings (SSSR count). The fraction of sp³-hybridized carbons (Fsp3) is 0.217. The van der Waals surface area contributed by atoms with E-state index in [4.69, 9.17) is 27.0 Å². The third-order valence-electron chi connectivity index (χ3n) is 5.07. The van der Waals surface area contributed by atoms with Gasteiger partial charge in [-0.3, -0.25) is 19.3 Å². The van der Waals surface area contributed by atoms with Gasteiger partial charge in [-0.15, -0.1) is 0 Å². The number of rotatable bonds is 9. The van der Waals surface area contributed by atoms with Crippen molar-refractivity contribution in [1.29, 1.82) is 0 Å². The summed E-state index contributed by atoms with van der Waals surface area (Å²) in [5.74, 6) is -2.67. The van der Waals surface area contributed by atoms with E-state index >= 15 is 0 Å². The molecule has 8 nitrogen and oxygen atoms in total. The number of hydrogen-bond donors (Lipinski definition) is 1. The molecule has 34 heavy (non-hydrogen) atoms. The monoisotopic (exact) mass is 522 g/mol. The first-order valence-corrected chi connectivity index (χ1v) is 12.4. The van der Waals surface area contributed by atoms with E-state index in [2.05, 4.69) is 11.9 Å². The normalized spacial score (nSPS) is 18.9. The molecular formula is C23H20Cl2N2O6S. The maximum Gasteiger partial charge on any atom is 0.333 e. The van der Waals surface area contributed by atoms with E-state index in [0.717, 1.165) is 4.90 Å². The van der Waals surface area contributed by atoms with Crippen LogP contribution in [0.1, 0.15) is 27.6 Å². The Hall–Kier alpha value is -2.85. The van der Waals surface area contributed by atoms with Crippen molar-refractivity contribution in [2.45, 2.75) is 24.4 Å². The molecule has 1 fully saturated rings. The molecule has 0 bridgehead atoms. The van der Waals surface area contributed by atoms with E-state index in [-0.39, 0.29) is 11.1 Å². The first kappa shape index (κ1) is 25.8. The predicted octanol–water partition coefficient (Wildman–Crippen LogP) is 2.88. The minimum absolute atomic E-state index is 0.208. The van der Waals surface area contributed by atoms with E-state index in [1.807, 2.05) is 0 Å². The van der Waals surface area contributed by atoms with E-state index in [0.29, 0.717) is 10.6 Å². The van der Waals surface area contributed by atoms with Gasteiger partial charge in [0, 0.05) is 16.1 Å². The highest BCUT2D eigenvalue weighted by Gasteiger charge is 2.60. The van der Waals surface area contributed by atoms with Crippen molar-refractivity contribution in [3.8, 4) is 0 Å². The second kappa shape index (κ2) is 11.1. The van der Waals surface area contributed by atoms with Crippen molar-refractivity contribution >= 4 is 56.2 Å². The minimum Gasteiger partial charge on any atom is -0.597 e. The van der Waals surface area contributed by atoms with Crippen molar-refractivity contribution < 1.29 is 28.5 Å². The zero-order chi connectivity index (χ0) is 25.0. The van der Waals surface area contributed by atoms with Crippen molar-refractivity contribution in [3.05, 3.63) is 82.9 Å². The van der Waals surface area contributed by atoms with Gasteiger partial charge >= 0.3 is 5.97 Å². The largest absolute Gasteiger partial charge is 0.597 e. The van der Waals surface area contributed by atoms with E-state index < -0.39 is 58.0 Å². The molecule has 2 amide bonds. The van der Waals surface area contributed by atoms with E-state index in [1.54, 1.807) is 30.3 Å². The molecule has 2 aromatic rings. The fourth-order valence-corrected chi connectivity index (χ4v) is 4.89. The number of amides is 2. The number of carbonyl (C=O) groups is 4. The average Bonchev–Trinajstić information content (AvgIpc) is 2.81. The Labute approximate surface area is 208 Å². The highest BCUT2D eigenvalue weighted by atomic mass is 35.7. The van der Waals surface area contributed by atoms with Crippen LogP contribution in [0.3, 0.4) is 0 Å². The summed E-state index contributed by atoms with van der Waals surface area (Å²) in [4.78, 5) is 51.4. The van der Waals surface area contributed by atoms with Gasteiger partial charge in [-0.25, -0.2) is 4.79 Å². The molecule has 4 unspecified atom stereocenters. The van der Waals surface area contributed by atoms with Crippen LogP contribution in [0.25, 0.3) is 0 Å². The number of hydrogen-bond acceptors (Lipinski definition) is 6. The van der Waals surface area contributed by atoms with Crippen LogP contribution in [0.4, 0.5) is 0 Å². The summed E-state index contributed by atoms with van der Waals surface area (Å²) >= 11 is 5.82. The number of Topliss-reactive ketones (excluding diaryl/α,β-unsaturated/α-hetero) is 1. The SMILES string of the molecule is C=C(C)C(C(=O)OCC(=O)c1ccccc1)N1C(=O)C(NC(=O)c2ccc(Cl)cc2)C1[S+]([O-])Cl. The number of halogens is 2. The zero-order valence-corrected chi connectivity index (χ0v) is 20.2. The van der Waals surface area contributed by atoms with Crippen LogP contribution in [0, 0.1) is 0 Å². The molecule has 1 saturated heterocycles. The Balaban J connectivity index is 1.71. The molecule has 0 radical (unpaired) electrons. The average molecular weight is 523 g/mol. The van der Waals surface area contributed by atoms with Gasteiger partial charge in [-0.05, 0) is 36.8 Å². The minimum atomic E-state index is -2.15. The van der Waals surface area contributed by atoms with Crippen molar-refractivity contribution in [3.63, 3.8) is 0 Å². The lowest BCUT2D eigenvalue weighted by atomic mass is 9.99. The molecule has 0 saturated carbocycles. The van der Waals surface area contributed by atoms with Gasteiger partial charge in [-0.2, -0.15) is 0 Å². The van der Waals surface area contributed by atoms with Crippen molar-refractivity contribution in [2.24, 2.45) is 0 Å². The summed E-state index contributed by atoms with van der Waals surface area (Å²) in [6.07, 6.45) is 0. The summed E-state index contributed by atoms with van der Waals surface area (Å²) < 4.78 is 17.4. The number of benzene rings is 2. The molecule has 178 valence electrons. The third kappa shape index (κ3) is 5.61. The molecule has 1 aliphatic rings. The van der Waals surface area contributed by atoms with Crippen molar-refractivity contribution in [2.75, 3.05) is 6.61 Å². The van der Waals surface area contributed by atoms with Gasteiger partial charge in [-0.1, -0.05) is 48.5 Å². The predicted molar refractivity (Wildman–Crippen MR) is 128 cm³/mol. The van der Waals surface area contributed by atoms with Gasteiger partial charge in [0.15, 0.2) is 35.2 Å². The molecule has 1 N–H and O–H groups in total. The Morgan fingerprint density at radius 1 is 1.15 bits per heavy atom. The lowest BCUT2D eigenvalue weighted by molar-refractivity contribution is -0.161. The van der Waals surface area contributed by atoms with Gasteiger partial charge in [0.1, 0.15) is 0 Å². The Morgan fingerprint density at radius 3 is 2.32 bits per heavy atom. The van der Waals surface area contributed by atoms with Crippen LogP contribution in [0.5, 0.6) is 0 Å². The molecule has 0 spiro atoms. The van der Waals surface area contributed by atoms with Crippen LogP contribution in [0.15, 0.2) is 66.7 Å². The number of esters is 1. The van der Waals surface area contributed by atoms with Crippen LogP contribution in [-0.4, -0.2) is 57.1 Å².